The van der Waals surface area contributed by atoms with Crippen LogP contribution in [0.25, 0.3) is 23.0 Å². The molecule has 3 aromatic carbocycles. The fourth-order valence-corrected chi connectivity index (χ4v) is 4.62. The number of amides is 2. The van der Waals surface area contributed by atoms with Gasteiger partial charge < -0.3 is 15.0 Å². The highest BCUT2D eigenvalue weighted by Gasteiger charge is 2.28. The fraction of sp³-hybridized carbons (Fsp3) is 0.167. The minimum atomic E-state index is -0.400. The Morgan fingerprint density at radius 2 is 1.73 bits per heavy atom. The van der Waals surface area contributed by atoms with Crippen molar-refractivity contribution in [3.63, 3.8) is 0 Å². The van der Waals surface area contributed by atoms with Gasteiger partial charge in [-0.15, -0.1) is 0 Å². The maximum atomic E-state index is 13.4. The molecular weight excluding hydrogens is 464 g/mol. The number of carbonyl (C=O) groups excluding carboxylic acids is 2. The zero-order valence-corrected chi connectivity index (χ0v) is 21.0. The van der Waals surface area contributed by atoms with Crippen LogP contribution in [-0.4, -0.2) is 33.6 Å². The predicted octanol–water partition coefficient (Wildman–Crippen LogP) is 5.76. The Hall–Kier alpha value is -4.65. The second kappa shape index (κ2) is 10.1. The third-order valence-corrected chi connectivity index (χ3v) is 6.49. The van der Waals surface area contributed by atoms with Crippen molar-refractivity contribution in [2.45, 2.75) is 26.3 Å². The van der Waals surface area contributed by atoms with Crippen LogP contribution in [0.15, 0.2) is 85.1 Å². The van der Waals surface area contributed by atoms with E-state index >= 15 is 0 Å². The van der Waals surface area contributed by atoms with E-state index in [1.807, 2.05) is 91.9 Å². The van der Waals surface area contributed by atoms with Crippen LogP contribution in [0, 0.1) is 6.92 Å². The zero-order chi connectivity index (χ0) is 25.9. The zero-order valence-electron chi connectivity index (χ0n) is 21.0. The number of fused-ring (bicyclic) bond motifs is 1. The molecule has 0 bridgehead atoms. The number of aromatic nitrogens is 2. The van der Waals surface area contributed by atoms with Crippen LogP contribution in [-0.2, 0) is 9.59 Å². The highest BCUT2D eigenvalue weighted by molar-refractivity contribution is 5.92. The lowest BCUT2D eigenvalue weighted by Crippen LogP contribution is -2.33. The molecule has 4 aromatic rings. The van der Waals surface area contributed by atoms with E-state index in [2.05, 4.69) is 5.32 Å². The number of hydrogen-bond acceptors (Lipinski definition) is 4. The van der Waals surface area contributed by atoms with Gasteiger partial charge in [-0.3, -0.25) is 9.59 Å². The molecule has 2 heterocycles. The number of para-hydroxylation sites is 1. The quantitative estimate of drug-likeness (QED) is 0.371. The molecule has 37 heavy (non-hydrogen) atoms. The summed E-state index contributed by atoms with van der Waals surface area (Å²) < 4.78 is 7.26. The number of carbonyl (C=O) groups is 2. The normalized spacial score (nSPS) is 14.2. The Kier molecular flexibility index (Phi) is 6.60. The Morgan fingerprint density at radius 1 is 1.00 bits per heavy atom. The van der Waals surface area contributed by atoms with Crippen LogP contribution < -0.4 is 10.1 Å². The standard InChI is InChI=1S/C30H28N4O3/c1-20-12-14-23(15-13-20)34-29(18-26(32-34)25-10-6-7-11-28(25)37-3)31-30(36)19-27-24-9-5-4-8-22(24)16-17-33(27)21(2)35/h4-18,27H,19H2,1-3H3,(H,31,36). The van der Waals surface area contributed by atoms with Crippen molar-refractivity contribution in [3.05, 3.63) is 102 Å². The van der Waals surface area contributed by atoms with Gasteiger partial charge in [0.1, 0.15) is 11.6 Å². The van der Waals surface area contributed by atoms with Crippen molar-refractivity contribution in [2.75, 3.05) is 12.4 Å². The molecule has 0 spiro atoms. The smallest absolute Gasteiger partial charge is 0.227 e. The molecule has 1 aromatic heterocycles. The number of anilines is 1. The van der Waals surface area contributed by atoms with Gasteiger partial charge in [0.15, 0.2) is 0 Å². The fourth-order valence-electron chi connectivity index (χ4n) is 4.62. The van der Waals surface area contributed by atoms with E-state index in [1.54, 1.807) is 22.9 Å². The van der Waals surface area contributed by atoms with Crippen molar-refractivity contribution < 1.29 is 14.3 Å². The lowest BCUT2D eigenvalue weighted by molar-refractivity contribution is -0.129. The summed E-state index contributed by atoms with van der Waals surface area (Å²) in [6.07, 6.45) is 3.75. The lowest BCUT2D eigenvalue weighted by atomic mass is 9.93. The first-order valence-electron chi connectivity index (χ1n) is 12.1. The van der Waals surface area contributed by atoms with Gasteiger partial charge in [-0.2, -0.15) is 5.10 Å². The summed E-state index contributed by atoms with van der Waals surface area (Å²) in [5, 5.41) is 7.86. The number of nitrogens with zero attached hydrogens (tertiary/aromatic N) is 3. The summed E-state index contributed by atoms with van der Waals surface area (Å²) in [6.45, 7) is 3.53. The van der Waals surface area contributed by atoms with Gasteiger partial charge in [0, 0.05) is 24.8 Å². The Labute approximate surface area is 216 Å². The van der Waals surface area contributed by atoms with E-state index < -0.39 is 6.04 Å². The molecule has 0 aliphatic carbocycles. The predicted molar refractivity (Wildman–Crippen MR) is 144 cm³/mol. The summed E-state index contributed by atoms with van der Waals surface area (Å²) in [4.78, 5) is 27.4. The molecule has 2 amide bonds. The molecule has 7 heteroatoms. The molecule has 0 fully saturated rings. The molecule has 0 saturated heterocycles. The van der Waals surface area contributed by atoms with Crippen molar-refractivity contribution in [1.29, 1.82) is 0 Å². The van der Waals surface area contributed by atoms with E-state index in [0.29, 0.717) is 17.3 Å². The molecule has 1 N–H and O–H groups in total. The summed E-state index contributed by atoms with van der Waals surface area (Å²) in [5.41, 5.74) is 5.38. The SMILES string of the molecule is COc1ccccc1-c1cc(NC(=O)CC2c3ccccc3C=CN2C(C)=O)n(-c2ccc(C)cc2)n1. The van der Waals surface area contributed by atoms with E-state index in [0.717, 1.165) is 27.9 Å². The highest BCUT2D eigenvalue weighted by Crippen LogP contribution is 2.34. The summed E-state index contributed by atoms with van der Waals surface area (Å²) in [5.74, 6) is 0.883. The molecule has 5 rings (SSSR count). The number of methoxy groups -OCH3 is 1. The number of aryl methyl sites for hydroxylation is 1. The third-order valence-electron chi connectivity index (χ3n) is 6.49. The van der Waals surface area contributed by atoms with E-state index in [-0.39, 0.29) is 18.2 Å². The molecule has 1 aliphatic rings. The van der Waals surface area contributed by atoms with Crippen molar-refractivity contribution in [3.8, 4) is 22.7 Å². The van der Waals surface area contributed by atoms with Crippen LogP contribution in [0.5, 0.6) is 5.75 Å². The van der Waals surface area contributed by atoms with E-state index in [9.17, 15) is 9.59 Å². The number of benzene rings is 3. The van der Waals surface area contributed by atoms with Crippen LogP contribution in [0.2, 0.25) is 0 Å². The Balaban J connectivity index is 1.49. The molecule has 0 radical (unpaired) electrons. The average Bonchev–Trinajstić information content (AvgIpc) is 3.32. The van der Waals surface area contributed by atoms with Gasteiger partial charge in [-0.1, -0.05) is 54.1 Å². The molecule has 186 valence electrons. The van der Waals surface area contributed by atoms with Crippen LogP contribution in [0.3, 0.4) is 0 Å². The van der Waals surface area contributed by atoms with Gasteiger partial charge in [-0.05, 0) is 48.4 Å². The second-order valence-electron chi connectivity index (χ2n) is 9.00. The first-order valence-corrected chi connectivity index (χ1v) is 12.1. The molecule has 1 atom stereocenters. The number of ether oxygens (including phenoxy) is 1. The molecule has 0 saturated carbocycles. The average molecular weight is 493 g/mol. The van der Waals surface area contributed by atoms with Gasteiger partial charge >= 0.3 is 0 Å². The maximum Gasteiger partial charge on any atom is 0.227 e. The van der Waals surface area contributed by atoms with Crippen molar-refractivity contribution >= 4 is 23.7 Å². The topological polar surface area (TPSA) is 76.5 Å². The van der Waals surface area contributed by atoms with E-state index in [1.165, 1.54) is 6.92 Å². The minimum Gasteiger partial charge on any atom is -0.496 e. The first kappa shape index (κ1) is 24.1. The summed E-state index contributed by atoms with van der Waals surface area (Å²) in [7, 11) is 1.62. The van der Waals surface area contributed by atoms with Gasteiger partial charge in [0.05, 0.1) is 31.0 Å². The Morgan fingerprint density at radius 3 is 2.49 bits per heavy atom. The molecule has 1 unspecified atom stereocenters. The van der Waals surface area contributed by atoms with Crippen LogP contribution >= 0.6 is 0 Å². The number of hydrogen-bond donors (Lipinski definition) is 1. The monoisotopic (exact) mass is 492 g/mol. The maximum absolute atomic E-state index is 13.4. The van der Waals surface area contributed by atoms with E-state index in [4.69, 9.17) is 9.84 Å². The summed E-state index contributed by atoms with van der Waals surface area (Å²) >= 11 is 0. The largest absolute Gasteiger partial charge is 0.496 e. The molecular formula is C30H28N4O3. The van der Waals surface area contributed by atoms with Crippen molar-refractivity contribution in [2.24, 2.45) is 0 Å². The minimum absolute atomic E-state index is 0.101. The van der Waals surface area contributed by atoms with Gasteiger partial charge in [0.2, 0.25) is 11.8 Å². The lowest BCUT2D eigenvalue weighted by Gasteiger charge is -2.32. The number of rotatable bonds is 6. The van der Waals surface area contributed by atoms with Gasteiger partial charge in [0.25, 0.3) is 0 Å². The Bertz CT molecular complexity index is 1490. The second-order valence-corrected chi connectivity index (χ2v) is 9.00. The first-order chi connectivity index (χ1) is 17.9. The van der Waals surface area contributed by atoms with Crippen LogP contribution in [0.1, 0.15) is 36.1 Å². The number of nitrogens with one attached hydrogen (secondary N) is 1. The van der Waals surface area contributed by atoms with Crippen molar-refractivity contribution in [1.82, 2.24) is 14.7 Å². The third kappa shape index (κ3) is 4.89. The van der Waals surface area contributed by atoms with Gasteiger partial charge in [-0.25, -0.2) is 4.68 Å². The van der Waals surface area contributed by atoms with Crippen LogP contribution in [0.4, 0.5) is 5.82 Å². The molecule has 7 nitrogen and oxygen atoms in total. The summed E-state index contributed by atoms with van der Waals surface area (Å²) in [6, 6.07) is 24.8. The molecule has 1 aliphatic heterocycles. The highest BCUT2D eigenvalue weighted by atomic mass is 16.5.